The second-order valence-corrected chi connectivity index (χ2v) is 7.24. The van der Waals surface area contributed by atoms with E-state index in [2.05, 4.69) is 10.2 Å². The van der Waals surface area contributed by atoms with Crippen molar-refractivity contribution in [2.75, 3.05) is 19.6 Å². The van der Waals surface area contributed by atoms with E-state index in [9.17, 15) is 4.79 Å². The quantitative estimate of drug-likeness (QED) is 0.901. The summed E-state index contributed by atoms with van der Waals surface area (Å²) in [6, 6.07) is 14.8. The summed E-state index contributed by atoms with van der Waals surface area (Å²) in [6.45, 7) is 3.32. The van der Waals surface area contributed by atoms with Crippen LogP contribution in [0.2, 0.25) is 5.02 Å². The summed E-state index contributed by atoms with van der Waals surface area (Å²) in [7, 11) is 0. The summed E-state index contributed by atoms with van der Waals surface area (Å²) in [6.07, 6.45) is 2.38. The summed E-state index contributed by atoms with van der Waals surface area (Å²) in [5.41, 5.74) is 0.662. The Morgan fingerprint density at radius 1 is 1.08 bits per heavy atom. The molecule has 130 valence electrons. The standard InChI is InChI=1S/C20H21ClN2O2/c21-16-2-1-3-18(12-16)25-17-6-4-15(5-7-17)20(24)22-19-13-23-10-8-14(19)9-11-23/h1-7,12,14,19H,8-11,13H2,(H,22,24)/t19-/m0/s1. The number of nitrogens with one attached hydrogen (secondary N) is 1. The number of ether oxygens (including phenoxy) is 1. The van der Waals surface area contributed by atoms with Gasteiger partial charge in [0.1, 0.15) is 11.5 Å². The average molecular weight is 357 g/mol. The van der Waals surface area contributed by atoms with Crippen LogP contribution in [0.5, 0.6) is 11.5 Å². The second kappa shape index (κ2) is 7.06. The molecule has 0 saturated carbocycles. The number of piperidine rings is 3. The van der Waals surface area contributed by atoms with Gasteiger partial charge in [0.05, 0.1) is 0 Å². The zero-order valence-corrected chi connectivity index (χ0v) is 14.7. The number of halogens is 1. The first-order valence-electron chi connectivity index (χ1n) is 8.74. The number of nitrogens with zero attached hydrogens (tertiary/aromatic N) is 1. The largest absolute Gasteiger partial charge is 0.457 e. The Morgan fingerprint density at radius 3 is 2.48 bits per heavy atom. The fourth-order valence-electron chi connectivity index (χ4n) is 3.72. The van der Waals surface area contributed by atoms with Crippen LogP contribution < -0.4 is 10.1 Å². The molecule has 1 N–H and O–H groups in total. The maximum absolute atomic E-state index is 12.5. The fraction of sp³-hybridized carbons (Fsp3) is 0.350. The van der Waals surface area contributed by atoms with Crippen molar-refractivity contribution in [3.63, 3.8) is 0 Å². The van der Waals surface area contributed by atoms with Gasteiger partial charge in [0.15, 0.2) is 0 Å². The van der Waals surface area contributed by atoms with Gasteiger partial charge in [-0.1, -0.05) is 17.7 Å². The SMILES string of the molecule is O=C(N[C@H]1CN2CCC1CC2)c1ccc(Oc2cccc(Cl)c2)cc1. The third kappa shape index (κ3) is 3.80. The van der Waals surface area contributed by atoms with Crippen LogP contribution >= 0.6 is 11.6 Å². The van der Waals surface area contributed by atoms with Crippen LogP contribution in [0.15, 0.2) is 48.5 Å². The number of carbonyl (C=O) groups excluding carboxylic acids is 1. The Balaban J connectivity index is 1.39. The van der Waals surface area contributed by atoms with Crippen LogP contribution in [0.25, 0.3) is 0 Å². The molecule has 0 aromatic heterocycles. The maximum atomic E-state index is 12.5. The monoisotopic (exact) mass is 356 g/mol. The molecule has 1 atom stereocenters. The van der Waals surface area contributed by atoms with Crippen LogP contribution in [0, 0.1) is 5.92 Å². The Hall–Kier alpha value is -2.04. The molecule has 2 aromatic carbocycles. The van der Waals surface area contributed by atoms with E-state index in [1.54, 1.807) is 24.3 Å². The molecule has 25 heavy (non-hydrogen) atoms. The zero-order chi connectivity index (χ0) is 17.2. The van der Waals surface area contributed by atoms with Crippen LogP contribution in [0.3, 0.4) is 0 Å². The second-order valence-electron chi connectivity index (χ2n) is 6.80. The van der Waals surface area contributed by atoms with Crippen LogP contribution in [-0.2, 0) is 0 Å². The lowest BCUT2D eigenvalue weighted by Gasteiger charge is -2.44. The van der Waals surface area contributed by atoms with Crippen molar-refractivity contribution in [1.29, 1.82) is 0 Å². The van der Waals surface area contributed by atoms with E-state index in [0.29, 0.717) is 28.0 Å². The number of amides is 1. The Kier molecular flexibility index (Phi) is 4.64. The van der Waals surface area contributed by atoms with Gasteiger partial charge in [0.2, 0.25) is 0 Å². The molecule has 1 amide bonds. The van der Waals surface area contributed by atoms with Crippen molar-refractivity contribution in [3.05, 3.63) is 59.1 Å². The van der Waals surface area contributed by atoms with E-state index in [1.165, 1.54) is 25.9 Å². The first kappa shape index (κ1) is 16.4. The third-order valence-electron chi connectivity index (χ3n) is 5.12. The number of rotatable bonds is 4. The Labute approximate surface area is 152 Å². The van der Waals surface area contributed by atoms with Gasteiger partial charge in [0, 0.05) is 23.2 Å². The number of fused-ring (bicyclic) bond motifs is 3. The van der Waals surface area contributed by atoms with E-state index in [1.807, 2.05) is 24.3 Å². The molecule has 0 spiro atoms. The average Bonchev–Trinajstić information content (AvgIpc) is 2.63. The Morgan fingerprint density at radius 2 is 1.84 bits per heavy atom. The molecule has 2 aromatic rings. The molecule has 3 aliphatic rings. The molecule has 0 aliphatic carbocycles. The highest BCUT2D eigenvalue weighted by Gasteiger charge is 2.34. The van der Waals surface area contributed by atoms with Crippen molar-refractivity contribution in [2.45, 2.75) is 18.9 Å². The summed E-state index contributed by atoms with van der Waals surface area (Å²) in [5, 5.41) is 3.83. The van der Waals surface area contributed by atoms with Gasteiger partial charge in [-0.05, 0) is 74.3 Å². The topological polar surface area (TPSA) is 41.6 Å². The normalized spacial score (nSPS) is 24.8. The fourth-order valence-corrected chi connectivity index (χ4v) is 3.90. The van der Waals surface area contributed by atoms with E-state index in [4.69, 9.17) is 16.3 Å². The van der Waals surface area contributed by atoms with Crippen molar-refractivity contribution in [2.24, 2.45) is 5.92 Å². The molecule has 3 heterocycles. The van der Waals surface area contributed by atoms with Crippen molar-refractivity contribution >= 4 is 17.5 Å². The predicted molar refractivity (Wildman–Crippen MR) is 98.4 cm³/mol. The maximum Gasteiger partial charge on any atom is 0.251 e. The summed E-state index contributed by atoms with van der Waals surface area (Å²) in [4.78, 5) is 15.0. The lowest BCUT2D eigenvalue weighted by molar-refractivity contribution is 0.0620. The van der Waals surface area contributed by atoms with Gasteiger partial charge in [-0.2, -0.15) is 0 Å². The van der Waals surface area contributed by atoms with Crippen LogP contribution in [0.4, 0.5) is 0 Å². The Bertz CT molecular complexity index is 755. The molecular weight excluding hydrogens is 336 g/mol. The molecule has 5 heteroatoms. The van der Waals surface area contributed by atoms with E-state index in [0.717, 1.165) is 6.54 Å². The number of hydrogen-bond donors (Lipinski definition) is 1. The predicted octanol–water partition coefficient (Wildman–Crippen LogP) is 3.96. The van der Waals surface area contributed by atoms with Crippen LogP contribution in [0.1, 0.15) is 23.2 Å². The van der Waals surface area contributed by atoms with Gasteiger partial charge in [-0.25, -0.2) is 0 Å². The van der Waals surface area contributed by atoms with Gasteiger partial charge in [-0.3, -0.25) is 4.79 Å². The first-order chi connectivity index (χ1) is 12.2. The molecule has 5 rings (SSSR count). The molecule has 3 aliphatic heterocycles. The van der Waals surface area contributed by atoms with E-state index >= 15 is 0 Å². The molecule has 0 radical (unpaired) electrons. The molecule has 4 nitrogen and oxygen atoms in total. The minimum absolute atomic E-state index is 0.00643. The number of hydrogen-bond acceptors (Lipinski definition) is 3. The van der Waals surface area contributed by atoms with Crippen LogP contribution in [-0.4, -0.2) is 36.5 Å². The molecule has 3 saturated heterocycles. The summed E-state index contributed by atoms with van der Waals surface area (Å²) < 4.78 is 5.76. The summed E-state index contributed by atoms with van der Waals surface area (Å²) in [5.74, 6) is 1.98. The summed E-state index contributed by atoms with van der Waals surface area (Å²) >= 11 is 5.96. The van der Waals surface area contributed by atoms with Gasteiger partial charge < -0.3 is 15.0 Å². The van der Waals surface area contributed by atoms with Crippen molar-refractivity contribution < 1.29 is 9.53 Å². The smallest absolute Gasteiger partial charge is 0.251 e. The third-order valence-corrected chi connectivity index (χ3v) is 5.36. The number of benzene rings is 2. The van der Waals surface area contributed by atoms with Gasteiger partial charge in [0.25, 0.3) is 5.91 Å². The lowest BCUT2D eigenvalue weighted by Crippen LogP contribution is -2.57. The highest BCUT2D eigenvalue weighted by atomic mass is 35.5. The first-order valence-corrected chi connectivity index (χ1v) is 9.12. The molecule has 2 bridgehead atoms. The zero-order valence-electron chi connectivity index (χ0n) is 14.0. The lowest BCUT2D eigenvalue weighted by atomic mass is 9.84. The minimum Gasteiger partial charge on any atom is -0.457 e. The number of carbonyl (C=O) groups is 1. The van der Waals surface area contributed by atoms with E-state index in [-0.39, 0.29) is 11.9 Å². The highest BCUT2D eigenvalue weighted by Crippen LogP contribution is 2.28. The highest BCUT2D eigenvalue weighted by molar-refractivity contribution is 6.30. The molecule has 3 fully saturated rings. The van der Waals surface area contributed by atoms with Gasteiger partial charge >= 0.3 is 0 Å². The van der Waals surface area contributed by atoms with Crippen molar-refractivity contribution in [3.8, 4) is 11.5 Å². The molecular formula is C20H21ClN2O2. The molecule has 0 unspecified atom stereocenters. The minimum atomic E-state index is -0.00643. The van der Waals surface area contributed by atoms with Gasteiger partial charge in [-0.15, -0.1) is 0 Å². The van der Waals surface area contributed by atoms with E-state index < -0.39 is 0 Å². The van der Waals surface area contributed by atoms with Crippen molar-refractivity contribution in [1.82, 2.24) is 10.2 Å².